The van der Waals surface area contributed by atoms with Crippen LogP contribution in [-0.4, -0.2) is 39.1 Å². The summed E-state index contributed by atoms with van der Waals surface area (Å²) in [5.74, 6) is 0.865. The Morgan fingerprint density at radius 2 is 2.18 bits per heavy atom. The summed E-state index contributed by atoms with van der Waals surface area (Å²) in [5.41, 5.74) is 1.35. The van der Waals surface area contributed by atoms with Crippen LogP contribution in [0.25, 0.3) is 0 Å². The molecule has 1 aromatic rings. The van der Waals surface area contributed by atoms with Crippen molar-refractivity contribution in [3.05, 3.63) is 18.0 Å². The Balaban J connectivity index is 1.71. The first-order chi connectivity index (χ1) is 8.15. The summed E-state index contributed by atoms with van der Waals surface area (Å²) in [6, 6.07) is 0. The standard InChI is InChI=1S/C13H22BrN3/c1-11(14)13-4-7-17(8-5-13)6-3-12-9-15-16(2)10-12/h9-11,13H,3-8H2,1-2H3. The molecule has 0 bridgehead atoms. The highest BCUT2D eigenvalue weighted by Crippen LogP contribution is 2.24. The summed E-state index contributed by atoms with van der Waals surface area (Å²) in [6.07, 6.45) is 7.89. The van der Waals surface area contributed by atoms with Gasteiger partial charge in [-0.2, -0.15) is 5.10 Å². The number of hydrogen-bond donors (Lipinski definition) is 0. The molecule has 1 saturated heterocycles. The van der Waals surface area contributed by atoms with Gasteiger partial charge in [0.15, 0.2) is 0 Å². The molecule has 2 heterocycles. The van der Waals surface area contributed by atoms with Crippen LogP contribution in [0, 0.1) is 5.92 Å². The number of aromatic nitrogens is 2. The second kappa shape index (κ2) is 6.01. The van der Waals surface area contributed by atoms with Crippen LogP contribution in [-0.2, 0) is 13.5 Å². The number of nitrogens with zero attached hydrogens (tertiary/aromatic N) is 3. The third kappa shape index (κ3) is 3.81. The molecule has 0 N–H and O–H groups in total. The molecule has 1 unspecified atom stereocenters. The van der Waals surface area contributed by atoms with Crippen LogP contribution in [0.3, 0.4) is 0 Å². The number of halogens is 1. The van der Waals surface area contributed by atoms with Gasteiger partial charge in [-0.15, -0.1) is 0 Å². The first-order valence-corrected chi connectivity index (χ1v) is 7.40. The van der Waals surface area contributed by atoms with E-state index in [9.17, 15) is 0 Å². The maximum atomic E-state index is 4.21. The molecule has 1 aliphatic rings. The third-order valence-corrected chi connectivity index (χ3v) is 4.50. The molecule has 0 amide bonds. The molecular formula is C13H22BrN3. The van der Waals surface area contributed by atoms with Crippen molar-refractivity contribution in [1.29, 1.82) is 0 Å². The van der Waals surface area contributed by atoms with Crippen LogP contribution >= 0.6 is 15.9 Å². The topological polar surface area (TPSA) is 21.1 Å². The summed E-state index contributed by atoms with van der Waals surface area (Å²) in [4.78, 5) is 3.25. The Kier molecular flexibility index (Phi) is 4.62. The van der Waals surface area contributed by atoms with E-state index in [1.165, 1.54) is 38.0 Å². The lowest BCUT2D eigenvalue weighted by Crippen LogP contribution is -2.37. The van der Waals surface area contributed by atoms with Gasteiger partial charge in [-0.05, 0) is 43.8 Å². The summed E-state index contributed by atoms with van der Waals surface area (Å²) < 4.78 is 1.88. The number of alkyl halides is 1. The van der Waals surface area contributed by atoms with Crippen molar-refractivity contribution >= 4 is 15.9 Å². The molecule has 0 radical (unpaired) electrons. The first kappa shape index (κ1) is 13.1. The molecule has 2 rings (SSSR count). The van der Waals surface area contributed by atoms with Crippen LogP contribution < -0.4 is 0 Å². The molecule has 0 saturated carbocycles. The fourth-order valence-electron chi connectivity index (χ4n) is 2.52. The summed E-state index contributed by atoms with van der Waals surface area (Å²) in [5, 5.41) is 4.21. The van der Waals surface area contributed by atoms with Crippen molar-refractivity contribution in [2.24, 2.45) is 13.0 Å². The molecule has 1 atom stereocenters. The first-order valence-electron chi connectivity index (χ1n) is 6.49. The normalized spacial score (nSPS) is 20.6. The second-order valence-electron chi connectivity index (χ2n) is 5.13. The van der Waals surface area contributed by atoms with Crippen LogP contribution in [0.4, 0.5) is 0 Å². The zero-order valence-electron chi connectivity index (χ0n) is 10.8. The van der Waals surface area contributed by atoms with E-state index in [4.69, 9.17) is 0 Å². The van der Waals surface area contributed by atoms with Gasteiger partial charge in [0, 0.05) is 24.6 Å². The van der Waals surface area contributed by atoms with E-state index in [1.54, 1.807) is 0 Å². The van der Waals surface area contributed by atoms with Gasteiger partial charge in [0.05, 0.1) is 6.20 Å². The molecule has 17 heavy (non-hydrogen) atoms. The molecule has 4 heteroatoms. The Morgan fingerprint density at radius 1 is 1.47 bits per heavy atom. The molecule has 0 aromatic carbocycles. The quantitative estimate of drug-likeness (QED) is 0.797. The average molecular weight is 300 g/mol. The van der Waals surface area contributed by atoms with Crippen molar-refractivity contribution in [1.82, 2.24) is 14.7 Å². The fraction of sp³-hybridized carbons (Fsp3) is 0.769. The lowest BCUT2D eigenvalue weighted by atomic mass is 9.94. The molecule has 3 nitrogen and oxygen atoms in total. The highest BCUT2D eigenvalue weighted by molar-refractivity contribution is 9.09. The second-order valence-corrected chi connectivity index (χ2v) is 6.57. The Hall–Kier alpha value is -0.350. The average Bonchev–Trinajstić information content (AvgIpc) is 2.73. The van der Waals surface area contributed by atoms with E-state index in [0.717, 1.165) is 12.3 Å². The number of hydrogen-bond acceptors (Lipinski definition) is 2. The molecular weight excluding hydrogens is 278 g/mol. The predicted octanol–water partition coefficient (Wildman–Crippen LogP) is 2.46. The predicted molar refractivity (Wildman–Crippen MR) is 74.5 cm³/mol. The highest BCUT2D eigenvalue weighted by Gasteiger charge is 2.21. The lowest BCUT2D eigenvalue weighted by Gasteiger charge is -2.33. The summed E-state index contributed by atoms with van der Waals surface area (Å²) in [6.45, 7) is 5.95. The van der Waals surface area contributed by atoms with E-state index in [-0.39, 0.29) is 0 Å². The molecule has 1 fully saturated rings. The van der Waals surface area contributed by atoms with Crippen LogP contribution in [0.2, 0.25) is 0 Å². The minimum Gasteiger partial charge on any atom is -0.303 e. The zero-order chi connectivity index (χ0) is 12.3. The van der Waals surface area contributed by atoms with E-state index in [1.807, 2.05) is 17.9 Å². The van der Waals surface area contributed by atoms with E-state index < -0.39 is 0 Å². The van der Waals surface area contributed by atoms with E-state index in [0.29, 0.717) is 4.83 Å². The molecule has 0 aliphatic carbocycles. The Morgan fingerprint density at radius 3 is 2.71 bits per heavy atom. The van der Waals surface area contributed by atoms with Gasteiger partial charge in [-0.3, -0.25) is 4.68 Å². The molecule has 1 aliphatic heterocycles. The van der Waals surface area contributed by atoms with Gasteiger partial charge in [-0.25, -0.2) is 0 Å². The van der Waals surface area contributed by atoms with Crippen molar-refractivity contribution in [3.8, 4) is 0 Å². The van der Waals surface area contributed by atoms with Gasteiger partial charge in [0.1, 0.15) is 0 Å². The van der Waals surface area contributed by atoms with Gasteiger partial charge in [-0.1, -0.05) is 22.9 Å². The minimum absolute atomic E-state index is 0.669. The molecule has 96 valence electrons. The Bertz CT molecular complexity index is 340. The highest BCUT2D eigenvalue weighted by atomic mass is 79.9. The van der Waals surface area contributed by atoms with Crippen LogP contribution in [0.1, 0.15) is 25.3 Å². The smallest absolute Gasteiger partial charge is 0.0522 e. The number of aryl methyl sites for hydroxylation is 1. The molecule has 1 aromatic heterocycles. The maximum absolute atomic E-state index is 4.21. The number of likely N-dealkylation sites (tertiary alicyclic amines) is 1. The van der Waals surface area contributed by atoms with Crippen LogP contribution in [0.5, 0.6) is 0 Å². The Labute approximate surface area is 112 Å². The van der Waals surface area contributed by atoms with E-state index >= 15 is 0 Å². The van der Waals surface area contributed by atoms with Crippen molar-refractivity contribution in [2.75, 3.05) is 19.6 Å². The summed E-state index contributed by atoms with van der Waals surface area (Å²) in [7, 11) is 1.98. The molecule has 0 spiro atoms. The SMILES string of the molecule is CC(Br)C1CCN(CCc2cnn(C)c2)CC1. The van der Waals surface area contributed by atoms with Crippen LogP contribution in [0.15, 0.2) is 12.4 Å². The largest absolute Gasteiger partial charge is 0.303 e. The van der Waals surface area contributed by atoms with Gasteiger partial charge < -0.3 is 4.90 Å². The monoisotopic (exact) mass is 299 g/mol. The van der Waals surface area contributed by atoms with Crippen molar-refractivity contribution < 1.29 is 0 Å². The van der Waals surface area contributed by atoms with Gasteiger partial charge in [0.25, 0.3) is 0 Å². The van der Waals surface area contributed by atoms with Gasteiger partial charge in [0.2, 0.25) is 0 Å². The summed E-state index contributed by atoms with van der Waals surface area (Å²) >= 11 is 3.70. The van der Waals surface area contributed by atoms with Crippen molar-refractivity contribution in [2.45, 2.75) is 31.0 Å². The van der Waals surface area contributed by atoms with Crippen molar-refractivity contribution in [3.63, 3.8) is 0 Å². The van der Waals surface area contributed by atoms with E-state index in [2.05, 4.69) is 39.0 Å². The zero-order valence-corrected chi connectivity index (χ0v) is 12.4. The number of rotatable bonds is 4. The third-order valence-electron chi connectivity index (χ3n) is 3.76. The maximum Gasteiger partial charge on any atom is 0.0522 e. The van der Waals surface area contributed by atoms with Gasteiger partial charge >= 0.3 is 0 Å². The minimum atomic E-state index is 0.669. The number of piperidine rings is 1. The fourth-order valence-corrected chi connectivity index (χ4v) is 3.05. The lowest BCUT2D eigenvalue weighted by molar-refractivity contribution is 0.187.